The monoisotopic (exact) mass is 422 g/mol. The van der Waals surface area contributed by atoms with Crippen molar-refractivity contribution in [2.24, 2.45) is 5.10 Å². The number of hydrazone groups is 1. The third-order valence-electron chi connectivity index (χ3n) is 3.21. The standard InChI is InChI=1S/C16H14Cl3FN2O2S/c17-9-1-2-15(11-3-6-13(20)7-4-11)21-22-25(23,24)16-10-12(18)5-8-14(16)19/h3-8,10,22H,1-2,9H2/b21-15-. The maximum atomic E-state index is 13.1. The summed E-state index contributed by atoms with van der Waals surface area (Å²) in [5, 5.41) is 4.23. The molecule has 0 spiro atoms. The predicted molar refractivity (Wildman–Crippen MR) is 99.7 cm³/mol. The van der Waals surface area contributed by atoms with E-state index in [4.69, 9.17) is 34.8 Å². The molecular formula is C16H14Cl3FN2O2S. The third-order valence-corrected chi connectivity index (χ3v) is 5.40. The number of hydrogen-bond acceptors (Lipinski definition) is 3. The van der Waals surface area contributed by atoms with Gasteiger partial charge in [0, 0.05) is 10.9 Å². The Balaban J connectivity index is 2.33. The first kappa shape index (κ1) is 20.0. The van der Waals surface area contributed by atoms with E-state index >= 15 is 0 Å². The Labute approximate surface area is 160 Å². The molecule has 2 aromatic rings. The molecule has 0 atom stereocenters. The molecule has 0 unspecified atom stereocenters. The van der Waals surface area contributed by atoms with E-state index in [1.807, 2.05) is 0 Å². The van der Waals surface area contributed by atoms with Crippen molar-refractivity contribution in [2.75, 3.05) is 5.88 Å². The minimum atomic E-state index is -4.01. The van der Waals surface area contributed by atoms with Crippen molar-refractivity contribution >= 4 is 50.5 Å². The quantitative estimate of drug-likeness (QED) is 0.394. The van der Waals surface area contributed by atoms with Gasteiger partial charge >= 0.3 is 0 Å². The Morgan fingerprint density at radius 1 is 1.12 bits per heavy atom. The molecule has 0 bridgehead atoms. The number of sulfonamides is 1. The van der Waals surface area contributed by atoms with Gasteiger partial charge in [0.25, 0.3) is 10.0 Å². The zero-order valence-corrected chi connectivity index (χ0v) is 15.9. The van der Waals surface area contributed by atoms with Crippen LogP contribution in [0.5, 0.6) is 0 Å². The Morgan fingerprint density at radius 3 is 2.44 bits per heavy atom. The van der Waals surface area contributed by atoms with E-state index in [0.29, 0.717) is 30.0 Å². The predicted octanol–water partition coefficient (Wildman–Crippen LogP) is 4.83. The highest BCUT2D eigenvalue weighted by atomic mass is 35.5. The van der Waals surface area contributed by atoms with E-state index in [9.17, 15) is 12.8 Å². The van der Waals surface area contributed by atoms with Crippen LogP contribution in [0.25, 0.3) is 0 Å². The molecule has 2 aromatic carbocycles. The summed E-state index contributed by atoms with van der Waals surface area (Å²) >= 11 is 17.5. The molecule has 9 heteroatoms. The Morgan fingerprint density at radius 2 is 1.80 bits per heavy atom. The van der Waals surface area contributed by atoms with E-state index in [0.717, 1.165) is 0 Å². The zero-order valence-electron chi connectivity index (χ0n) is 12.8. The Bertz CT molecular complexity index is 871. The minimum Gasteiger partial charge on any atom is -0.207 e. The van der Waals surface area contributed by atoms with Crippen molar-refractivity contribution < 1.29 is 12.8 Å². The summed E-state index contributed by atoms with van der Waals surface area (Å²) < 4.78 is 37.9. The van der Waals surface area contributed by atoms with Gasteiger partial charge in [0.15, 0.2) is 0 Å². The first-order valence-corrected chi connectivity index (χ1v) is 9.96. The summed E-state index contributed by atoms with van der Waals surface area (Å²) in [4.78, 5) is 1.97. The molecule has 0 saturated carbocycles. The Hall–Kier alpha value is -1.34. The number of halogens is 4. The van der Waals surface area contributed by atoms with Crippen LogP contribution in [0.2, 0.25) is 10.0 Å². The topological polar surface area (TPSA) is 58.5 Å². The zero-order chi connectivity index (χ0) is 18.4. The molecule has 0 amide bonds. The summed E-state index contributed by atoms with van der Waals surface area (Å²) in [7, 11) is -4.01. The fourth-order valence-electron chi connectivity index (χ4n) is 1.99. The maximum absolute atomic E-state index is 13.1. The minimum absolute atomic E-state index is 0.0243. The van der Waals surface area contributed by atoms with Gasteiger partial charge in [-0.15, -0.1) is 11.6 Å². The van der Waals surface area contributed by atoms with Crippen LogP contribution in [0, 0.1) is 5.82 Å². The highest BCUT2D eigenvalue weighted by Crippen LogP contribution is 2.24. The smallest absolute Gasteiger partial charge is 0.207 e. The van der Waals surface area contributed by atoms with Crippen LogP contribution >= 0.6 is 34.8 Å². The number of hydrogen-bond donors (Lipinski definition) is 1. The molecule has 0 saturated heterocycles. The number of nitrogens with zero attached hydrogens (tertiary/aromatic N) is 1. The molecule has 0 heterocycles. The number of alkyl halides is 1. The first-order valence-electron chi connectivity index (χ1n) is 7.19. The second-order valence-electron chi connectivity index (χ2n) is 5.03. The highest BCUT2D eigenvalue weighted by Gasteiger charge is 2.18. The molecule has 134 valence electrons. The van der Waals surface area contributed by atoms with Crippen molar-refractivity contribution in [1.29, 1.82) is 0 Å². The molecule has 0 fully saturated rings. The summed E-state index contributed by atoms with van der Waals surface area (Å²) in [6, 6.07) is 9.68. The van der Waals surface area contributed by atoms with E-state index in [1.165, 1.54) is 42.5 Å². The fraction of sp³-hybridized carbons (Fsp3) is 0.188. The van der Waals surface area contributed by atoms with Crippen LogP contribution in [0.3, 0.4) is 0 Å². The van der Waals surface area contributed by atoms with Crippen molar-refractivity contribution in [3.05, 3.63) is 63.9 Å². The molecule has 0 aromatic heterocycles. The lowest BCUT2D eigenvalue weighted by molar-refractivity contribution is 0.584. The molecule has 4 nitrogen and oxygen atoms in total. The van der Waals surface area contributed by atoms with Crippen LogP contribution in [0.1, 0.15) is 18.4 Å². The van der Waals surface area contributed by atoms with Crippen LogP contribution < -0.4 is 4.83 Å². The molecular weight excluding hydrogens is 410 g/mol. The van der Waals surface area contributed by atoms with Gasteiger partial charge in [-0.05, 0) is 48.7 Å². The van der Waals surface area contributed by atoms with Crippen molar-refractivity contribution in [1.82, 2.24) is 4.83 Å². The van der Waals surface area contributed by atoms with E-state index in [1.54, 1.807) is 0 Å². The van der Waals surface area contributed by atoms with Gasteiger partial charge < -0.3 is 0 Å². The fourth-order valence-corrected chi connectivity index (χ4v) is 3.72. The third kappa shape index (κ3) is 5.57. The van der Waals surface area contributed by atoms with Gasteiger partial charge in [-0.3, -0.25) is 0 Å². The van der Waals surface area contributed by atoms with Crippen LogP contribution in [-0.4, -0.2) is 20.0 Å². The largest absolute Gasteiger partial charge is 0.278 e. The lowest BCUT2D eigenvalue weighted by Gasteiger charge is -2.09. The summed E-state index contributed by atoms with van der Waals surface area (Å²) in [5.41, 5.74) is 1.02. The van der Waals surface area contributed by atoms with Crippen molar-refractivity contribution in [2.45, 2.75) is 17.7 Å². The molecule has 0 aliphatic rings. The lowest BCUT2D eigenvalue weighted by atomic mass is 10.1. The summed E-state index contributed by atoms with van der Waals surface area (Å²) in [6.07, 6.45) is 0.998. The summed E-state index contributed by atoms with van der Waals surface area (Å²) in [6.45, 7) is 0. The van der Waals surface area contributed by atoms with Crippen molar-refractivity contribution in [3.63, 3.8) is 0 Å². The molecule has 2 rings (SSSR count). The second-order valence-corrected chi connectivity index (χ2v) is 7.88. The normalized spacial score (nSPS) is 12.2. The Kier molecular flexibility index (Phi) is 7.07. The lowest BCUT2D eigenvalue weighted by Crippen LogP contribution is -2.21. The summed E-state index contributed by atoms with van der Waals surface area (Å²) in [5.74, 6) is -0.0145. The second kappa shape index (κ2) is 8.85. The molecule has 0 aliphatic heterocycles. The van der Waals surface area contributed by atoms with Gasteiger partial charge in [-0.1, -0.05) is 35.3 Å². The molecule has 0 aliphatic carbocycles. The van der Waals surface area contributed by atoms with E-state index < -0.39 is 15.8 Å². The molecule has 1 N–H and O–H groups in total. The average Bonchev–Trinajstić information content (AvgIpc) is 2.58. The number of rotatable bonds is 7. The van der Waals surface area contributed by atoms with Crippen molar-refractivity contribution in [3.8, 4) is 0 Å². The van der Waals surface area contributed by atoms with Gasteiger partial charge in [0.1, 0.15) is 10.7 Å². The highest BCUT2D eigenvalue weighted by molar-refractivity contribution is 7.89. The van der Waals surface area contributed by atoms with E-state index in [2.05, 4.69) is 9.93 Å². The van der Waals surface area contributed by atoms with Crippen LogP contribution in [-0.2, 0) is 10.0 Å². The van der Waals surface area contributed by atoms with Crippen LogP contribution in [0.4, 0.5) is 4.39 Å². The van der Waals surface area contributed by atoms with Gasteiger partial charge in [0.2, 0.25) is 0 Å². The van der Waals surface area contributed by atoms with Gasteiger partial charge in [-0.25, -0.2) is 4.39 Å². The van der Waals surface area contributed by atoms with Gasteiger partial charge in [0.05, 0.1) is 10.7 Å². The first-order chi connectivity index (χ1) is 11.8. The molecule has 0 radical (unpaired) electrons. The SMILES string of the molecule is O=S(=O)(N/N=C(/CCCCl)c1ccc(F)cc1)c1cc(Cl)ccc1Cl. The average molecular weight is 424 g/mol. The number of benzene rings is 2. The maximum Gasteiger partial charge on any atom is 0.278 e. The van der Waals surface area contributed by atoms with E-state index in [-0.39, 0.29) is 14.9 Å². The molecule has 25 heavy (non-hydrogen) atoms. The van der Waals surface area contributed by atoms with Crippen LogP contribution in [0.15, 0.2) is 52.5 Å². The van der Waals surface area contributed by atoms with Gasteiger partial charge in [-0.2, -0.15) is 18.4 Å². The number of nitrogens with one attached hydrogen (secondary N) is 1.